The molecule has 4 nitrogen and oxygen atoms in total. The number of halogens is 5. The van der Waals surface area contributed by atoms with Gasteiger partial charge >= 0.3 is 6.18 Å². The van der Waals surface area contributed by atoms with Crippen molar-refractivity contribution in [2.45, 2.75) is 12.6 Å². The van der Waals surface area contributed by atoms with Crippen molar-refractivity contribution >= 4 is 28.9 Å². The van der Waals surface area contributed by atoms with Crippen molar-refractivity contribution in [3.05, 3.63) is 112 Å². The number of nitrogens with two attached hydrogens (primary N) is 1. The molecular formula is C25H20ClF4N3O. The van der Waals surface area contributed by atoms with Crippen LogP contribution in [0.15, 0.2) is 89.6 Å². The van der Waals surface area contributed by atoms with Gasteiger partial charge in [0.1, 0.15) is 11.5 Å². The fourth-order valence-corrected chi connectivity index (χ4v) is 3.17. The van der Waals surface area contributed by atoms with Crippen LogP contribution in [0.3, 0.4) is 0 Å². The van der Waals surface area contributed by atoms with Crippen LogP contribution in [0.25, 0.3) is 0 Å². The molecule has 34 heavy (non-hydrogen) atoms. The van der Waals surface area contributed by atoms with Gasteiger partial charge in [0.15, 0.2) is 0 Å². The van der Waals surface area contributed by atoms with Crippen LogP contribution in [0.4, 0.5) is 23.2 Å². The number of carbonyl (C=O) groups excluding carboxylic acids is 1. The summed E-state index contributed by atoms with van der Waals surface area (Å²) in [6.07, 6.45) is -3.71. The van der Waals surface area contributed by atoms with Crippen molar-refractivity contribution in [1.29, 1.82) is 0 Å². The molecule has 9 heteroatoms. The number of allylic oxidation sites excluding steroid dienone is 2. The molecule has 0 saturated carbocycles. The lowest BCUT2D eigenvalue weighted by molar-refractivity contribution is -0.0925. The Morgan fingerprint density at radius 2 is 1.59 bits per heavy atom. The van der Waals surface area contributed by atoms with Gasteiger partial charge in [-0.15, -0.1) is 0 Å². The second-order valence-electron chi connectivity index (χ2n) is 7.22. The second-order valence-corrected chi connectivity index (χ2v) is 7.63. The largest absolute Gasteiger partial charge is 0.430 e. The zero-order valence-electron chi connectivity index (χ0n) is 17.7. The Hall–Kier alpha value is -3.65. The van der Waals surface area contributed by atoms with Crippen LogP contribution >= 0.6 is 11.6 Å². The van der Waals surface area contributed by atoms with Gasteiger partial charge < -0.3 is 11.1 Å². The number of para-hydroxylation sites is 1. The van der Waals surface area contributed by atoms with E-state index in [9.17, 15) is 22.4 Å². The van der Waals surface area contributed by atoms with E-state index in [2.05, 4.69) is 10.3 Å². The number of rotatable bonds is 7. The summed E-state index contributed by atoms with van der Waals surface area (Å²) in [5.74, 6) is -0.754. The third-order valence-corrected chi connectivity index (χ3v) is 5.11. The van der Waals surface area contributed by atoms with E-state index in [-0.39, 0.29) is 34.3 Å². The predicted octanol–water partition coefficient (Wildman–Crippen LogP) is 5.98. The lowest BCUT2D eigenvalue weighted by Crippen LogP contribution is -2.26. The number of benzene rings is 3. The Bertz CT molecular complexity index is 1220. The predicted molar refractivity (Wildman–Crippen MR) is 125 cm³/mol. The van der Waals surface area contributed by atoms with Crippen LogP contribution in [0.1, 0.15) is 21.5 Å². The first kappa shape index (κ1) is 25.0. The molecule has 0 fully saturated rings. The van der Waals surface area contributed by atoms with E-state index in [0.29, 0.717) is 23.6 Å². The molecule has 0 radical (unpaired) electrons. The van der Waals surface area contributed by atoms with Crippen molar-refractivity contribution in [2.24, 2.45) is 10.7 Å². The minimum absolute atomic E-state index is 0.0746. The summed E-state index contributed by atoms with van der Waals surface area (Å²) < 4.78 is 52.8. The topological polar surface area (TPSA) is 67.5 Å². The summed E-state index contributed by atoms with van der Waals surface area (Å²) in [5.41, 5.74) is 5.13. The van der Waals surface area contributed by atoms with E-state index in [1.807, 2.05) is 0 Å². The lowest BCUT2D eigenvalue weighted by Gasteiger charge is -2.10. The molecule has 0 aliphatic carbocycles. The van der Waals surface area contributed by atoms with Gasteiger partial charge in [-0.1, -0.05) is 54.1 Å². The van der Waals surface area contributed by atoms with Crippen LogP contribution in [0, 0.1) is 5.82 Å². The zero-order chi connectivity index (χ0) is 24.7. The number of hydrogen-bond donors (Lipinski definition) is 2. The van der Waals surface area contributed by atoms with Crippen molar-refractivity contribution in [1.82, 2.24) is 5.32 Å². The zero-order valence-corrected chi connectivity index (χ0v) is 18.5. The maximum atomic E-state index is 13.7. The van der Waals surface area contributed by atoms with Gasteiger partial charge in [0.25, 0.3) is 5.91 Å². The number of nitrogens with one attached hydrogen (secondary N) is 1. The quantitative estimate of drug-likeness (QED) is 0.317. The molecule has 0 saturated heterocycles. The Kier molecular flexibility index (Phi) is 8.07. The highest BCUT2D eigenvalue weighted by Crippen LogP contribution is 2.27. The van der Waals surface area contributed by atoms with E-state index in [1.165, 1.54) is 30.3 Å². The van der Waals surface area contributed by atoms with E-state index in [0.717, 1.165) is 0 Å². The number of nitrogens with zero attached hydrogens (tertiary/aromatic N) is 1. The summed E-state index contributed by atoms with van der Waals surface area (Å²) in [6, 6.07) is 18.5. The third-order valence-electron chi connectivity index (χ3n) is 4.79. The SMILES string of the molecule is NC(=CC(=Nc1ccccc1Cl)c1ccc(C(=O)NCCc2ccccc2F)cc1)C(F)(F)F. The normalized spacial score (nSPS) is 12.5. The van der Waals surface area contributed by atoms with E-state index >= 15 is 0 Å². The minimum Gasteiger partial charge on any atom is -0.395 e. The molecule has 0 atom stereocenters. The fraction of sp³-hybridized carbons (Fsp3) is 0.120. The highest BCUT2D eigenvalue weighted by molar-refractivity contribution is 6.33. The van der Waals surface area contributed by atoms with Crippen molar-refractivity contribution in [3.63, 3.8) is 0 Å². The van der Waals surface area contributed by atoms with Crippen molar-refractivity contribution in [3.8, 4) is 0 Å². The molecule has 0 aliphatic heterocycles. The number of hydrogen-bond acceptors (Lipinski definition) is 3. The lowest BCUT2D eigenvalue weighted by atomic mass is 10.1. The van der Waals surface area contributed by atoms with E-state index < -0.39 is 17.8 Å². The van der Waals surface area contributed by atoms with Crippen LogP contribution < -0.4 is 11.1 Å². The van der Waals surface area contributed by atoms with Gasteiger partial charge in [-0.2, -0.15) is 13.2 Å². The molecule has 0 spiro atoms. The molecule has 176 valence electrons. The number of amides is 1. The average Bonchev–Trinajstić information content (AvgIpc) is 2.80. The van der Waals surface area contributed by atoms with E-state index in [1.54, 1.807) is 42.5 Å². The summed E-state index contributed by atoms with van der Waals surface area (Å²) in [4.78, 5) is 16.7. The molecule has 3 aromatic rings. The van der Waals surface area contributed by atoms with Crippen LogP contribution in [0.2, 0.25) is 5.02 Å². The molecule has 3 aromatic carbocycles. The Labute approximate surface area is 198 Å². The summed E-state index contributed by atoms with van der Waals surface area (Å²) in [7, 11) is 0. The molecule has 1 amide bonds. The number of aliphatic imine (C=N–C) groups is 1. The molecule has 0 bridgehead atoms. The molecule has 3 N–H and O–H groups in total. The van der Waals surface area contributed by atoms with Crippen molar-refractivity contribution in [2.75, 3.05) is 6.54 Å². The summed E-state index contributed by atoms with van der Waals surface area (Å²) in [5, 5.41) is 2.94. The first-order valence-corrected chi connectivity index (χ1v) is 10.5. The molecule has 3 rings (SSSR count). The van der Waals surface area contributed by atoms with Gasteiger partial charge in [-0.3, -0.25) is 4.79 Å². The van der Waals surface area contributed by atoms with Gasteiger partial charge in [0.05, 0.1) is 16.4 Å². The number of alkyl halides is 3. The minimum atomic E-state index is -4.74. The van der Waals surface area contributed by atoms with Gasteiger partial charge in [0.2, 0.25) is 0 Å². The molecule has 0 unspecified atom stereocenters. The Balaban J connectivity index is 1.80. The highest BCUT2D eigenvalue weighted by Gasteiger charge is 2.31. The Morgan fingerprint density at radius 3 is 2.24 bits per heavy atom. The number of carbonyl (C=O) groups is 1. The van der Waals surface area contributed by atoms with Gasteiger partial charge in [0, 0.05) is 17.7 Å². The van der Waals surface area contributed by atoms with Gasteiger partial charge in [-0.25, -0.2) is 9.38 Å². The van der Waals surface area contributed by atoms with E-state index in [4.69, 9.17) is 17.3 Å². The van der Waals surface area contributed by atoms with Crippen LogP contribution in [-0.4, -0.2) is 24.3 Å². The fourth-order valence-electron chi connectivity index (χ4n) is 2.99. The van der Waals surface area contributed by atoms with Gasteiger partial charge in [-0.05, 0) is 48.4 Å². The van der Waals surface area contributed by atoms with Crippen LogP contribution in [0.5, 0.6) is 0 Å². The maximum Gasteiger partial charge on any atom is 0.430 e. The van der Waals surface area contributed by atoms with Crippen LogP contribution in [-0.2, 0) is 6.42 Å². The Morgan fingerprint density at radius 1 is 0.971 bits per heavy atom. The maximum absolute atomic E-state index is 13.7. The first-order valence-electron chi connectivity index (χ1n) is 10.1. The average molecular weight is 490 g/mol. The molecule has 0 aromatic heterocycles. The highest BCUT2D eigenvalue weighted by atomic mass is 35.5. The summed E-state index contributed by atoms with van der Waals surface area (Å²) in [6.45, 7) is 0.214. The summed E-state index contributed by atoms with van der Waals surface area (Å²) >= 11 is 6.09. The molecule has 0 heterocycles. The first-order chi connectivity index (χ1) is 16.1. The molecule has 0 aliphatic rings. The monoisotopic (exact) mass is 489 g/mol. The van der Waals surface area contributed by atoms with Crippen molar-refractivity contribution < 1.29 is 22.4 Å². The smallest absolute Gasteiger partial charge is 0.395 e. The third kappa shape index (κ3) is 6.68. The molecular weight excluding hydrogens is 470 g/mol. The standard InChI is InChI=1S/C25H20ClF4N3O/c26-19-6-2-4-8-21(19)33-22(15-23(31)25(28,29)30)17-9-11-18(12-10-17)24(34)32-14-13-16-5-1-3-7-20(16)27/h1-12,15H,13-14,31H2,(H,32,34). The second kappa shape index (κ2) is 11.0.